The maximum Gasteiger partial charge on any atom is 0.223 e. The van der Waals surface area contributed by atoms with Gasteiger partial charge in [-0.3, -0.25) is 4.79 Å². The molecule has 2 heterocycles. The second-order valence-corrected chi connectivity index (χ2v) is 9.55. The molecule has 1 N–H and O–H groups in total. The number of sulfonamides is 1. The van der Waals surface area contributed by atoms with E-state index in [0.717, 1.165) is 0 Å². The molecule has 2 rings (SSSR count). The van der Waals surface area contributed by atoms with Crippen LogP contribution in [0.2, 0.25) is 0 Å². The van der Waals surface area contributed by atoms with E-state index >= 15 is 0 Å². The van der Waals surface area contributed by atoms with Crippen molar-refractivity contribution in [2.75, 3.05) is 39.5 Å². The minimum absolute atomic E-state index is 0.0342. The predicted octanol–water partition coefficient (Wildman–Crippen LogP) is 1.53. The summed E-state index contributed by atoms with van der Waals surface area (Å²) >= 11 is 1.69. The van der Waals surface area contributed by atoms with Crippen LogP contribution in [0, 0.1) is 5.92 Å². The second-order valence-electron chi connectivity index (χ2n) is 6.31. The summed E-state index contributed by atoms with van der Waals surface area (Å²) in [6, 6.07) is 4.26. The molecule has 1 unspecified atom stereocenters. The average molecular weight is 374 g/mol. The monoisotopic (exact) mass is 373 g/mol. The van der Waals surface area contributed by atoms with E-state index in [1.54, 1.807) is 18.3 Å². The van der Waals surface area contributed by atoms with Crippen LogP contribution < -0.4 is 5.32 Å². The molecule has 0 aromatic carbocycles. The lowest BCUT2D eigenvalue weighted by Crippen LogP contribution is -2.44. The van der Waals surface area contributed by atoms with E-state index in [4.69, 9.17) is 0 Å². The van der Waals surface area contributed by atoms with Gasteiger partial charge in [0.2, 0.25) is 15.9 Å². The summed E-state index contributed by atoms with van der Waals surface area (Å²) in [4.78, 5) is 15.8. The van der Waals surface area contributed by atoms with Crippen molar-refractivity contribution in [3.8, 4) is 0 Å². The van der Waals surface area contributed by atoms with Crippen LogP contribution in [0.4, 0.5) is 0 Å². The number of hydrogen-bond donors (Lipinski definition) is 1. The van der Waals surface area contributed by atoms with Crippen LogP contribution >= 0.6 is 11.3 Å². The maximum atomic E-state index is 12.4. The smallest absolute Gasteiger partial charge is 0.223 e. The lowest BCUT2D eigenvalue weighted by molar-refractivity contribution is -0.126. The Morgan fingerprint density at radius 1 is 1.42 bits per heavy atom. The fourth-order valence-corrected chi connectivity index (χ4v) is 4.99. The Morgan fingerprint density at radius 3 is 2.58 bits per heavy atom. The number of nitrogens with one attached hydrogen (secondary N) is 1. The van der Waals surface area contributed by atoms with Crippen molar-refractivity contribution < 1.29 is 13.2 Å². The molecule has 1 amide bonds. The zero-order valence-electron chi connectivity index (χ0n) is 14.6. The molecule has 1 atom stereocenters. The first-order valence-corrected chi connectivity index (χ1v) is 10.8. The van der Waals surface area contributed by atoms with Crippen molar-refractivity contribution in [3.05, 3.63) is 22.4 Å². The third-order valence-electron chi connectivity index (χ3n) is 4.55. The van der Waals surface area contributed by atoms with E-state index in [9.17, 15) is 13.2 Å². The van der Waals surface area contributed by atoms with E-state index in [1.807, 2.05) is 25.5 Å². The van der Waals surface area contributed by atoms with Gasteiger partial charge in [0.05, 0.1) is 11.8 Å². The standard InChI is InChI=1S/C16H27N3O3S2/c1-4-24(21,22)19-9-7-13(8-10-19)16(20)17-12-14(18(2)3)15-6-5-11-23-15/h5-6,11,13-14H,4,7-10,12H2,1-3H3,(H,17,20). The van der Waals surface area contributed by atoms with Crippen molar-refractivity contribution in [2.45, 2.75) is 25.8 Å². The van der Waals surface area contributed by atoms with Gasteiger partial charge in [-0.15, -0.1) is 11.3 Å². The highest BCUT2D eigenvalue weighted by Gasteiger charge is 2.30. The zero-order chi connectivity index (χ0) is 17.7. The fourth-order valence-electron chi connectivity index (χ4n) is 2.94. The van der Waals surface area contributed by atoms with Crippen LogP contribution in [0.5, 0.6) is 0 Å². The molecule has 0 saturated carbocycles. The zero-order valence-corrected chi connectivity index (χ0v) is 16.2. The molecule has 1 aromatic rings. The summed E-state index contributed by atoms with van der Waals surface area (Å²) in [5.41, 5.74) is 0. The minimum atomic E-state index is -3.14. The lowest BCUT2D eigenvalue weighted by atomic mass is 9.97. The number of rotatable bonds is 7. The van der Waals surface area contributed by atoms with Gasteiger partial charge in [0.25, 0.3) is 0 Å². The highest BCUT2D eigenvalue weighted by atomic mass is 32.2. The van der Waals surface area contributed by atoms with Crippen LogP contribution in [0.1, 0.15) is 30.7 Å². The summed E-state index contributed by atoms with van der Waals surface area (Å²) in [5.74, 6) is 0.0567. The van der Waals surface area contributed by atoms with Crippen molar-refractivity contribution >= 4 is 27.3 Å². The van der Waals surface area contributed by atoms with Crippen molar-refractivity contribution in [1.82, 2.24) is 14.5 Å². The Labute approximate surface area is 148 Å². The van der Waals surface area contributed by atoms with E-state index < -0.39 is 10.0 Å². The van der Waals surface area contributed by atoms with E-state index in [0.29, 0.717) is 32.5 Å². The molecule has 0 spiro atoms. The topological polar surface area (TPSA) is 69.7 Å². The minimum Gasteiger partial charge on any atom is -0.354 e. The first-order valence-electron chi connectivity index (χ1n) is 8.30. The summed E-state index contributed by atoms with van der Waals surface area (Å²) in [6.07, 6.45) is 1.19. The largest absolute Gasteiger partial charge is 0.354 e. The number of amides is 1. The molecule has 24 heavy (non-hydrogen) atoms. The summed E-state index contributed by atoms with van der Waals surface area (Å²) < 4.78 is 25.3. The van der Waals surface area contributed by atoms with Crippen LogP contribution in [-0.4, -0.2) is 63.0 Å². The van der Waals surface area contributed by atoms with Crippen molar-refractivity contribution in [3.63, 3.8) is 0 Å². The number of likely N-dealkylation sites (N-methyl/N-ethyl adjacent to an activating group) is 1. The maximum absolute atomic E-state index is 12.4. The molecule has 1 aliphatic heterocycles. The van der Waals surface area contributed by atoms with Crippen LogP contribution in [0.25, 0.3) is 0 Å². The van der Waals surface area contributed by atoms with Gasteiger partial charge in [-0.05, 0) is 45.3 Å². The highest BCUT2D eigenvalue weighted by Crippen LogP contribution is 2.23. The van der Waals surface area contributed by atoms with Gasteiger partial charge >= 0.3 is 0 Å². The Hall–Kier alpha value is -0.960. The van der Waals surface area contributed by atoms with Gasteiger partial charge in [0, 0.05) is 30.4 Å². The molecule has 0 radical (unpaired) electrons. The van der Waals surface area contributed by atoms with Gasteiger partial charge in [0.1, 0.15) is 0 Å². The van der Waals surface area contributed by atoms with E-state index in [1.165, 1.54) is 9.18 Å². The number of carbonyl (C=O) groups excluding carboxylic acids is 1. The highest BCUT2D eigenvalue weighted by molar-refractivity contribution is 7.89. The predicted molar refractivity (Wildman–Crippen MR) is 97.5 cm³/mol. The molecular formula is C16H27N3O3S2. The third kappa shape index (κ3) is 4.78. The molecule has 0 aliphatic carbocycles. The average Bonchev–Trinajstić information content (AvgIpc) is 3.09. The number of hydrogen-bond acceptors (Lipinski definition) is 5. The number of nitrogens with zero attached hydrogens (tertiary/aromatic N) is 2. The van der Waals surface area contributed by atoms with Gasteiger partial charge in [0.15, 0.2) is 0 Å². The van der Waals surface area contributed by atoms with Gasteiger partial charge in [-0.1, -0.05) is 6.07 Å². The molecule has 1 aromatic heterocycles. The summed E-state index contributed by atoms with van der Waals surface area (Å²) in [5, 5.41) is 5.09. The second kappa shape index (κ2) is 8.42. The molecule has 1 aliphatic rings. The fraction of sp³-hybridized carbons (Fsp3) is 0.688. The van der Waals surface area contributed by atoms with Gasteiger partial charge < -0.3 is 10.2 Å². The van der Waals surface area contributed by atoms with Crippen molar-refractivity contribution in [2.24, 2.45) is 5.92 Å². The van der Waals surface area contributed by atoms with Crippen molar-refractivity contribution in [1.29, 1.82) is 0 Å². The van der Waals surface area contributed by atoms with Crippen LogP contribution in [0.15, 0.2) is 17.5 Å². The molecule has 1 saturated heterocycles. The molecule has 136 valence electrons. The molecular weight excluding hydrogens is 346 g/mol. The summed E-state index contributed by atoms with van der Waals surface area (Å²) in [7, 11) is 0.869. The molecule has 8 heteroatoms. The number of carbonyl (C=O) groups is 1. The Balaban J connectivity index is 1.85. The Bertz CT molecular complexity index is 621. The Kier molecular flexibility index (Phi) is 6.79. The SMILES string of the molecule is CCS(=O)(=O)N1CCC(C(=O)NCC(c2cccs2)N(C)C)CC1. The van der Waals surface area contributed by atoms with Gasteiger partial charge in [-0.2, -0.15) is 0 Å². The van der Waals surface area contributed by atoms with E-state index in [2.05, 4.69) is 16.3 Å². The lowest BCUT2D eigenvalue weighted by Gasteiger charge is -2.31. The molecule has 1 fully saturated rings. The van der Waals surface area contributed by atoms with Crippen LogP contribution in [-0.2, 0) is 14.8 Å². The summed E-state index contributed by atoms with van der Waals surface area (Å²) in [6.45, 7) is 3.10. The van der Waals surface area contributed by atoms with Gasteiger partial charge in [-0.25, -0.2) is 12.7 Å². The number of thiophene rings is 1. The first kappa shape index (κ1) is 19.4. The number of piperidine rings is 1. The molecule has 0 bridgehead atoms. The Morgan fingerprint density at radius 2 is 2.08 bits per heavy atom. The quantitative estimate of drug-likeness (QED) is 0.787. The third-order valence-corrected chi connectivity index (χ3v) is 7.40. The van der Waals surface area contributed by atoms with E-state index in [-0.39, 0.29) is 23.6 Å². The first-order chi connectivity index (χ1) is 11.3. The molecule has 6 nitrogen and oxygen atoms in total. The normalized spacial score (nSPS) is 18.7. The van der Waals surface area contributed by atoms with Crippen LogP contribution in [0.3, 0.4) is 0 Å².